The molecule has 0 saturated heterocycles. The van der Waals surface area contributed by atoms with Gasteiger partial charge in [0.25, 0.3) is 0 Å². The fourth-order valence-electron chi connectivity index (χ4n) is 3.22. The van der Waals surface area contributed by atoms with Crippen LogP contribution < -0.4 is 5.63 Å². The first-order chi connectivity index (χ1) is 12.8. The fourth-order valence-corrected chi connectivity index (χ4v) is 3.22. The Bertz CT molecular complexity index is 1170. The van der Waals surface area contributed by atoms with Crippen molar-refractivity contribution in [2.24, 2.45) is 0 Å². The van der Waals surface area contributed by atoms with Gasteiger partial charge in [-0.05, 0) is 28.8 Å². The van der Waals surface area contributed by atoms with Gasteiger partial charge in [0.05, 0.1) is 18.1 Å². The molecule has 0 unspecified atom stereocenters. The second-order valence-electron chi connectivity index (χ2n) is 6.02. The number of nitrogens with zero attached hydrogens (tertiary/aromatic N) is 1. The van der Waals surface area contributed by atoms with Crippen LogP contribution in [0.4, 0.5) is 0 Å². The van der Waals surface area contributed by atoms with Gasteiger partial charge in [0.2, 0.25) is 0 Å². The van der Waals surface area contributed by atoms with Crippen molar-refractivity contribution >= 4 is 11.0 Å². The first kappa shape index (κ1) is 15.9. The van der Waals surface area contributed by atoms with Crippen molar-refractivity contribution in [2.75, 3.05) is 0 Å². The lowest BCUT2D eigenvalue weighted by atomic mass is 9.94. The van der Waals surface area contributed by atoms with Crippen LogP contribution in [0.5, 0.6) is 0 Å². The summed E-state index contributed by atoms with van der Waals surface area (Å²) in [5, 5.41) is 9.98. The van der Waals surface area contributed by atoms with Crippen molar-refractivity contribution < 1.29 is 4.42 Å². The molecular formula is C23H15NO2. The molecule has 4 aromatic rings. The molecule has 0 amide bonds. The predicted molar refractivity (Wildman–Crippen MR) is 103 cm³/mol. The van der Waals surface area contributed by atoms with Gasteiger partial charge in [-0.2, -0.15) is 5.26 Å². The maximum absolute atomic E-state index is 12.5. The van der Waals surface area contributed by atoms with E-state index >= 15 is 0 Å². The molecule has 1 heterocycles. The molecule has 0 radical (unpaired) electrons. The van der Waals surface area contributed by atoms with Crippen LogP contribution in [0, 0.1) is 11.3 Å². The highest BCUT2D eigenvalue weighted by atomic mass is 16.4. The molecule has 0 saturated carbocycles. The van der Waals surface area contributed by atoms with Crippen molar-refractivity contribution in [1.82, 2.24) is 0 Å². The van der Waals surface area contributed by atoms with Crippen LogP contribution >= 0.6 is 0 Å². The third-order valence-electron chi connectivity index (χ3n) is 4.43. The second-order valence-corrected chi connectivity index (χ2v) is 6.02. The van der Waals surface area contributed by atoms with E-state index in [1.165, 1.54) is 0 Å². The summed E-state index contributed by atoms with van der Waals surface area (Å²) in [5.41, 5.74) is 4.19. The third-order valence-corrected chi connectivity index (χ3v) is 4.43. The number of benzene rings is 3. The van der Waals surface area contributed by atoms with Crippen molar-refractivity contribution in [2.45, 2.75) is 6.42 Å². The Kier molecular flexibility index (Phi) is 4.09. The summed E-state index contributed by atoms with van der Waals surface area (Å²) < 4.78 is 5.56. The monoisotopic (exact) mass is 337 g/mol. The molecule has 0 bridgehead atoms. The Morgan fingerprint density at radius 3 is 2.12 bits per heavy atom. The number of hydrogen-bond donors (Lipinski definition) is 0. The zero-order valence-corrected chi connectivity index (χ0v) is 14.0. The maximum atomic E-state index is 12.5. The molecule has 3 aromatic carbocycles. The van der Waals surface area contributed by atoms with E-state index < -0.39 is 5.63 Å². The summed E-state index contributed by atoms with van der Waals surface area (Å²) in [6.07, 6.45) is 0.0168. The van der Waals surface area contributed by atoms with Crippen LogP contribution in [0.15, 0.2) is 88.1 Å². The largest absolute Gasteiger partial charge is 0.422 e. The molecule has 0 atom stereocenters. The fraction of sp³-hybridized carbons (Fsp3) is 0.0435. The van der Waals surface area contributed by atoms with Crippen molar-refractivity contribution in [3.63, 3.8) is 0 Å². The smallest absolute Gasteiger partial charge is 0.341 e. The lowest BCUT2D eigenvalue weighted by molar-refractivity contribution is 0.554. The molecule has 3 nitrogen and oxygen atoms in total. The van der Waals surface area contributed by atoms with Crippen molar-refractivity contribution in [3.8, 4) is 28.3 Å². The standard InChI is InChI=1S/C23H15NO2/c24-14-13-20-22(17-9-5-2-6-10-17)19-12-11-18(15-21(19)26-23(20)25)16-7-3-1-4-8-16/h1-12,15H,13H2. The Balaban J connectivity index is 2.02. The summed E-state index contributed by atoms with van der Waals surface area (Å²) in [7, 11) is 0. The van der Waals surface area contributed by atoms with Crippen molar-refractivity contribution in [1.29, 1.82) is 5.26 Å². The van der Waals surface area contributed by atoms with E-state index in [2.05, 4.69) is 6.07 Å². The van der Waals surface area contributed by atoms with E-state index in [9.17, 15) is 4.79 Å². The van der Waals surface area contributed by atoms with Gasteiger partial charge in [-0.15, -0.1) is 0 Å². The Morgan fingerprint density at radius 2 is 1.46 bits per heavy atom. The molecule has 0 N–H and O–H groups in total. The molecule has 0 aliphatic carbocycles. The van der Waals surface area contributed by atoms with Crippen LogP contribution in [0.2, 0.25) is 0 Å². The molecule has 1 aromatic heterocycles. The van der Waals surface area contributed by atoms with Gasteiger partial charge in [-0.25, -0.2) is 4.79 Å². The molecule has 0 aliphatic rings. The molecule has 3 heteroatoms. The highest BCUT2D eigenvalue weighted by molar-refractivity contribution is 5.96. The predicted octanol–water partition coefficient (Wildman–Crippen LogP) is 5.19. The summed E-state index contributed by atoms with van der Waals surface area (Å²) in [6, 6.07) is 27.5. The molecule has 26 heavy (non-hydrogen) atoms. The maximum Gasteiger partial charge on any atom is 0.341 e. The average Bonchev–Trinajstić information content (AvgIpc) is 2.69. The van der Waals surface area contributed by atoms with Gasteiger partial charge in [0.15, 0.2) is 0 Å². The molecule has 0 spiro atoms. The highest BCUT2D eigenvalue weighted by Gasteiger charge is 2.16. The van der Waals surface area contributed by atoms with E-state index in [0.29, 0.717) is 11.1 Å². The van der Waals surface area contributed by atoms with Crippen LogP contribution in [0.25, 0.3) is 33.2 Å². The molecule has 124 valence electrons. The number of hydrogen-bond acceptors (Lipinski definition) is 3. The number of nitriles is 1. The zero-order valence-electron chi connectivity index (χ0n) is 14.0. The topological polar surface area (TPSA) is 54.0 Å². The number of rotatable bonds is 3. The Hall–Kier alpha value is -3.64. The average molecular weight is 337 g/mol. The zero-order chi connectivity index (χ0) is 17.9. The number of fused-ring (bicyclic) bond motifs is 1. The Morgan fingerprint density at radius 1 is 0.808 bits per heavy atom. The van der Waals surface area contributed by atoms with Gasteiger partial charge in [0.1, 0.15) is 5.58 Å². The van der Waals surface area contributed by atoms with E-state index in [4.69, 9.17) is 9.68 Å². The quantitative estimate of drug-likeness (QED) is 0.483. The van der Waals surface area contributed by atoms with Crippen molar-refractivity contribution in [3.05, 3.63) is 94.8 Å². The summed E-state index contributed by atoms with van der Waals surface area (Å²) >= 11 is 0. The molecule has 0 fully saturated rings. The minimum Gasteiger partial charge on any atom is -0.422 e. The van der Waals surface area contributed by atoms with E-state index in [1.807, 2.05) is 78.9 Å². The van der Waals surface area contributed by atoms with Gasteiger partial charge in [0, 0.05) is 10.9 Å². The third kappa shape index (κ3) is 2.78. The van der Waals surface area contributed by atoms with E-state index in [1.54, 1.807) is 0 Å². The van der Waals surface area contributed by atoms with E-state index in [0.717, 1.165) is 27.6 Å². The lowest BCUT2D eigenvalue weighted by Crippen LogP contribution is -2.09. The van der Waals surface area contributed by atoms with E-state index in [-0.39, 0.29) is 6.42 Å². The first-order valence-corrected chi connectivity index (χ1v) is 8.35. The van der Waals surface area contributed by atoms with Gasteiger partial charge in [-0.3, -0.25) is 0 Å². The van der Waals surface area contributed by atoms with Crippen LogP contribution in [0.1, 0.15) is 5.56 Å². The normalized spacial score (nSPS) is 10.6. The van der Waals surface area contributed by atoms with Gasteiger partial charge < -0.3 is 4.42 Å². The summed E-state index contributed by atoms with van der Waals surface area (Å²) in [6.45, 7) is 0. The molecule has 4 rings (SSSR count). The second kappa shape index (κ2) is 6.70. The minimum absolute atomic E-state index is 0.0168. The summed E-state index contributed by atoms with van der Waals surface area (Å²) in [5.74, 6) is 0. The molecular weight excluding hydrogens is 322 g/mol. The van der Waals surface area contributed by atoms with Crippen LogP contribution in [0.3, 0.4) is 0 Å². The highest BCUT2D eigenvalue weighted by Crippen LogP contribution is 2.33. The molecule has 0 aliphatic heterocycles. The first-order valence-electron chi connectivity index (χ1n) is 8.35. The minimum atomic E-state index is -0.455. The SMILES string of the molecule is N#CCc1c(-c2ccccc2)c2ccc(-c3ccccc3)cc2oc1=O. The summed E-state index contributed by atoms with van der Waals surface area (Å²) in [4.78, 5) is 12.5. The van der Waals surface area contributed by atoms with Gasteiger partial charge in [-0.1, -0.05) is 66.7 Å². The van der Waals surface area contributed by atoms with Crippen LogP contribution in [-0.4, -0.2) is 0 Å². The Labute approximate surface area is 150 Å². The van der Waals surface area contributed by atoms with Gasteiger partial charge >= 0.3 is 5.63 Å². The lowest BCUT2D eigenvalue weighted by Gasteiger charge is -2.11. The van der Waals surface area contributed by atoms with Crippen LogP contribution in [-0.2, 0) is 6.42 Å².